The van der Waals surface area contributed by atoms with Crippen molar-refractivity contribution in [2.24, 2.45) is 16.3 Å². The van der Waals surface area contributed by atoms with Crippen molar-refractivity contribution in [2.45, 2.75) is 51.6 Å². The van der Waals surface area contributed by atoms with Crippen molar-refractivity contribution in [1.29, 1.82) is 0 Å². The van der Waals surface area contributed by atoms with Crippen LogP contribution in [-0.4, -0.2) is 60.0 Å². The van der Waals surface area contributed by atoms with E-state index in [0.717, 1.165) is 25.8 Å². The Morgan fingerprint density at radius 3 is 2.52 bits per heavy atom. The first-order valence-electron chi connectivity index (χ1n) is 7.76. The molecule has 0 aromatic carbocycles. The summed E-state index contributed by atoms with van der Waals surface area (Å²) < 4.78 is 5.29. The smallest absolute Gasteiger partial charge is 0.144 e. The van der Waals surface area contributed by atoms with Crippen LogP contribution >= 0.6 is 0 Å². The third-order valence-electron chi connectivity index (χ3n) is 4.38. The highest BCUT2D eigenvalue weighted by molar-refractivity contribution is 5.85. The quantitative estimate of drug-likeness (QED) is 0.207. The van der Waals surface area contributed by atoms with Crippen molar-refractivity contribution in [3.8, 4) is 0 Å². The van der Waals surface area contributed by atoms with Crippen molar-refractivity contribution >= 4 is 5.84 Å². The summed E-state index contributed by atoms with van der Waals surface area (Å²) >= 11 is 0. The predicted molar refractivity (Wildman–Crippen MR) is 83.5 cm³/mol. The zero-order valence-corrected chi connectivity index (χ0v) is 13.6. The molecule has 0 spiro atoms. The Bertz CT molecular complexity index is 339. The van der Waals surface area contributed by atoms with Crippen LogP contribution in [0, 0.1) is 5.41 Å². The average molecular weight is 301 g/mol. The summed E-state index contributed by atoms with van der Waals surface area (Å²) in [5, 5.41) is 22.3. The molecule has 1 fully saturated rings. The maximum absolute atomic E-state index is 10.5. The number of rotatable bonds is 8. The van der Waals surface area contributed by atoms with E-state index in [1.807, 2.05) is 20.9 Å². The Balaban J connectivity index is 2.23. The normalized spacial score (nSPS) is 20.0. The molecule has 1 aliphatic rings. The van der Waals surface area contributed by atoms with Crippen LogP contribution in [0.25, 0.3) is 0 Å². The molecule has 0 saturated carbocycles. The Kier molecular flexibility index (Phi) is 6.90. The number of amidine groups is 1. The van der Waals surface area contributed by atoms with Gasteiger partial charge in [0.05, 0.1) is 5.60 Å². The SMILES string of the molecule is CN(CCCCC(C)(C)C(N)=NO)CC1(O)CCOCC1. The lowest BCUT2D eigenvalue weighted by Gasteiger charge is -2.35. The second-order valence-electron chi connectivity index (χ2n) is 6.90. The highest BCUT2D eigenvalue weighted by atomic mass is 16.5. The number of oxime groups is 1. The number of unbranched alkanes of at least 4 members (excludes halogenated alkanes) is 1. The van der Waals surface area contributed by atoms with Gasteiger partial charge in [0.15, 0.2) is 0 Å². The molecule has 0 aromatic rings. The first-order chi connectivity index (χ1) is 9.79. The summed E-state index contributed by atoms with van der Waals surface area (Å²) in [6.45, 7) is 6.90. The van der Waals surface area contributed by atoms with E-state index in [-0.39, 0.29) is 11.3 Å². The number of hydrogen-bond acceptors (Lipinski definition) is 5. The van der Waals surface area contributed by atoms with Crippen molar-refractivity contribution in [3.63, 3.8) is 0 Å². The molecular formula is C15H31N3O3. The van der Waals surface area contributed by atoms with Gasteiger partial charge in [0.2, 0.25) is 0 Å². The number of aliphatic hydroxyl groups is 1. The molecular weight excluding hydrogens is 270 g/mol. The lowest BCUT2D eigenvalue weighted by molar-refractivity contribution is -0.0769. The van der Waals surface area contributed by atoms with E-state index in [2.05, 4.69) is 10.1 Å². The first-order valence-corrected chi connectivity index (χ1v) is 7.76. The summed E-state index contributed by atoms with van der Waals surface area (Å²) in [5.41, 5.74) is 4.81. The van der Waals surface area contributed by atoms with E-state index in [1.54, 1.807) is 0 Å². The Labute approximate surface area is 127 Å². The molecule has 1 aliphatic heterocycles. The Hall–Kier alpha value is -0.850. The van der Waals surface area contributed by atoms with Crippen molar-refractivity contribution < 1.29 is 15.1 Å². The number of ether oxygens (including phenoxy) is 1. The third-order valence-corrected chi connectivity index (χ3v) is 4.38. The summed E-state index contributed by atoms with van der Waals surface area (Å²) in [5.74, 6) is 0.285. The standard InChI is InChI=1S/C15H31N3O3/c1-14(2,13(16)17-20)6-4-5-9-18(3)12-15(19)7-10-21-11-8-15/h19-20H,4-12H2,1-3H3,(H2,16,17). The highest BCUT2D eigenvalue weighted by Gasteiger charge is 2.30. The van der Waals surface area contributed by atoms with Gasteiger partial charge in [-0.1, -0.05) is 25.4 Å². The molecule has 21 heavy (non-hydrogen) atoms. The molecule has 1 saturated heterocycles. The van der Waals surface area contributed by atoms with Gasteiger partial charge in [0, 0.05) is 38.0 Å². The van der Waals surface area contributed by atoms with Gasteiger partial charge in [-0.25, -0.2) is 0 Å². The van der Waals surface area contributed by atoms with Crippen LogP contribution in [0.4, 0.5) is 0 Å². The number of likely N-dealkylation sites (N-methyl/N-ethyl adjacent to an activating group) is 1. The van der Waals surface area contributed by atoms with Gasteiger partial charge < -0.3 is 25.7 Å². The lowest BCUT2D eigenvalue weighted by Crippen LogP contribution is -2.45. The topological polar surface area (TPSA) is 91.3 Å². The summed E-state index contributed by atoms with van der Waals surface area (Å²) in [6.07, 6.45) is 4.36. The van der Waals surface area contributed by atoms with E-state index in [9.17, 15) is 5.11 Å². The molecule has 124 valence electrons. The van der Waals surface area contributed by atoms with Crippen molar-refractivity contribution in [3.05, 3.63) is 0 Å². The molecule has 0 aromatic heterocycles. The molecule has 6 nitrogen and oxygen atoms in total. The van der Waals surface area contributed by atoms with Gasteiger partial charge in [-0.3, -0.25) is 0 Å². The van der Waals surface area contributed by atoms with E-state index in [1.165, 1.54) is 0 Å². The Morgan fingerprint density at radius 1 is 1.33 bits per heavy atom. The van der Waals surface area contributed by atoms with Gasteiger partial charge in [0.1, 0.15) is 5.84 Å². The molecule has 0 amide bonds. The summed E-state index contributed by atoms with van der Waals surface area (Å²) in [6, 6.07) is 0. The van der Waals surface area contributed by atoms with E-state index >= 15 is 0 Å². The van der Waals surface area contributed by atoms with Gasteiger partial charge in [-0.2, -0.15) is 0 Å². The van der Waals surface area contributed by atoms with E-state index in [4.69, 9.17) is 15.7 Å². The highest BCUT2D eigenvalue weighted by Crippen LogP contribution is 2.24. The molecule has 4 N–H and O–H groups in total. The molecule has 0 aliphatic carbocycles. The largest absolute Gasteiger partial charge is 0.409 e. The van der Waals surface area contributed by atoms with Gasteiger partial charge >= 0.3 is 0 Å². The van der Waals surface area contributed by atoms with E-state index in [0.29, 0.717) is 32.6 Å². The van der Waals surface area contributed by atoms with Crippen LogP contribution in [0.3, 0.4) is 0 Å². The van der Waals surface area contributed by atoms with Gasteiger partial charge in [-0.15, -0.1) is 0 Å². The van der Waals surface area contributed by atoms with Crippen LogP contribution in [0.1, 0.15) is 46.0 Å². The molecule has 0 radical (unpaired) electrons. The van der Waals surface area contributed by atoms with Crippen LogP contribution in [0.2, 0.25) is 0 Å². The van der Waals surface area contributed by atoms with Crippen molar-refractivity contribution in [2.75, 3.05) is 33.4 Å². The second kappa shape index (κ2) is 7.96. The lowest BCUT2D eigenvalue weighted by atomic mass is 9.86. The van der Waals surface area contributed by atoms with Crippen LogP contribution in [0.15, 0.2) is 5.16 Å². The van der Waals surface area contributed by atoms with Crippen LogP contribution < -0.4 is 5.73 Å². The van der Waals surface area contributed by atoms with Crippen LogP contribution in [0.5, 0.6) is 0 Å². The second-order valence-corrected chi connectivity index (χ2v) is 6.90. The fourth-order valence-corrected chi connectivity index (χ4v) is 2.70. The zero-order chi connectivity index (χ0) is 15.9. The maximum Gasteiger partial charge on any atom is 0.144 e. The molecule has 6 heteroatoms. The molecule has 0 unspecified atom stereocenters. The minimum atomic E-state index is -0.597. The minimum Gasteiger partial charge on any atom is -0.409 e. The zero-order valence-electron chi connectivity index (χ0n) is 13.6. The number of nitrogens with zero attached hydrogens (tertiary/aromatic N) is 2. The maximum atomic E-state index is 10.5. The fraction of sp³-hybridized carbons (Fsp3) is 0.933. The minimum absolute atomic E-state index is 0.272. The summed E-state index contributed by atoms with van der Waals surface area (Å²) in [4.78, 5) is 2.18. The summed E-state index contributed by atoms with van der Waals surface area (Å²) in [7, 11) is 2.04. The van der Waals surface area contributed by atoms with Gasteiger partial charge in [-0.05, 0) is 26.4 Å². The fourth-order valence-electron chi connectivity index (χ4n) is 2.70. The van der Waals surface area contributed by atoms with Crippen LogP contribution in [-0.2, 0) is 4.74 Å². The molecule has 0 atom stereocenters. The molecule has 1 rings (SSSR count). The predicted octanol–water partition coefficient (Wildman–Crippen LogP) is 1.40. The monoisotopic (exact) mass is 301 g/mol. The third kappa shape index (κ3) is 6.20. The average Bonchev–Trinajstić information content (AvgIpc) is 2.43. The molecule has 0 bridgehead atoms. The van der Waals surface area contributed by atoms with E-state index < -0.39 is 5.60 Å². The Morgan fingerprint density at radius 2 is 1.95 bits per heavy atom. The molecule has 1 heterocycles. The number of nitrogens with two attached hydrogens (primary N) is 1. The van der Waals surface area contributed by atoms with Crippen molar-refractivity contribution in [1.82, 2.24) is 4.90 Å². The number of hydrogen-bond donors (Lipinski definition) is 3. The van der Waals surface area contributed by atoms with Gasteiger partial charge in [0.25, 0.3) is 0 Å². The first kappa shape index (κ1) is 18.2.